The van der Waals surface area contributed by atoms with Crippen molar-refractivity contribution in [3.05, 3.63) is 93.5 Å². The molecule has 1 amide bonds. The summed E-state index contributed by atoms with van der Waals surface area (Å²) >= 11 is 6.02. The summed E-state index contributed by atoms with van der Waals surface area (Å²) in [6, 6.07) is 20.6. The van der Waals surface area contributed by atoms with Crippen LogP contribution in [-0.4, -0.2) is 12.5 Å². The highest BCUT2D eigenvalue weighted by molar-refractivity contribution is 6.31. The van der Waals surface area contributed by atoms with Gasteiger partial charge in [-0.1, -0.05) is 53.6 Å². The predicted molar refractivity (Wildman–Crippen MR) is 132 cm³/mol. The molecule has 3 aromatic rings. The number of anilines is 1. The molecule has 0 aromatic heterocycles. The summed E-state index contributed by atoms with van der Waals surface area (Å²) in [5, 5.41) is 12.8. The molecular formula is C27H25ClN2O3. The Morgan fingerprint density at radius 1 is 1.03 bits per heavy atom. The number of aryl methyl sites for hydroxylation is 2. The molecule has 6 heteroatoms. The first-order chi connectivity index (χ1) is 15.9. The highest BCUT2D eigenvalue weighted by Crippen LogP contribution is 2.30. The fourth-order valence-electron chi connectivity index (χ4n) is 3.08. The molecule has 5 nitrogen and oxygen atoms in total. The minimum absolute atomic E-state index is 0.0369. The zero-order valence-corrected chi connectivity index (χ0v) is 19.6. The predicted octanol–water partition coefficient (Wildman–Crippen LogP) is 6.48. The number of hydrogen-bond acceptors (Lipinski definition) is 4. The number of benzene rings is 3. The molecule has 0 saturated carbocycles. The topological polar surface area (TPSA) is 71.3 Å². The van der Waals surface area contributed by atoms with Gasteiger partial charge in [0, 0.05) is 10.7 Å². The lowest BCUT2D eigenvalue weighted by Crippen LogP contribution is -2.14. The van der Waals surface area contributed by atoms with E-state index in [1.54, 1.807) is 36.4 Å². The van der Waals surface area contributed by atoms with Gasteiger partial charge in [-0.25, -0.2) is 0 Å². The minimum Gasteiger partial charge on any atom is -0.490 e. The molecule has 0 aliphatic carbocycles. The van der Waals surface area contributed by atoms with Gasteiger partial charge >= 0.3 is 0 Å². The van der Waals surface area contributed by atoms with Gasteiger partial charge in [-0.2, -0.15) is 5.26 Å². The number of nitrogens with one attached hydrogen (secondary N) is 1. The maximum absolute atomic E-state index is 12.7. The summed E-state index contributed by atoms with van der Waals surface area (Å²) in [7, 11) is 0. The molecule has 0 spiro atoms. The first-order valence-electron chi connectivity index (χ1n) is 10.5. The van der Waals surface area contributed by atoms with Crippen LogP contribution in [0.3, 0.4) is 0 Å². The fourth-order valence-corrected chi connectivity index (χ4v) is 3.25. The zero-order valence-electron chi connectivity index (χ0n) is 18.8. The van der Waals surface area contributed by atoms with E-state index in [4.69, 9.17) is 21.1 Å². The number of ether oxygens (including phenoxy) is 2. The zero-order chi connectivity index (χ0) is 23.8. The molecule has 0 radical (unpaired) electrons. The van der Waals surface area contributed by atoms with E-state index in [9.17, 15) is 10.1 Å². The minimum atomic E-state index is -0.513. The van der Waals surface area contributed by atoms with Crippen LogP contribution in [0.25, 0.3) is 6.08 Å². The van der Waals surface area contributed by atoms with Crippen molar-refractivity contribution >= 4 is 29.3 Å². The third-order valence-corrected chi connectivity index (χ3v) is 5.14. The molecular weight excluding hydrogens is 436 g/mol. The van der Waals surface area contributed by atoms with Gasteiger partial charge in [0.15, 0.2) is 11.5 Å². The third kappa shape index (κ3) is 6.61. The second-order valence-electron chi connectivity index (χ2n) is 7.50. The Kier molecular flexibility index (Phi) is 8.12. The van der Waals surface area contributed by atoms with Gasteiger partial charge in [-0.3, -0.25) is 4.79 Å². The highest BCUT2D eigenvalue weighted by atomic mass is 35.5. The molecule has 0 fully saturated rings. The molecule has 168 valence electrons. The van der Waals surface area contributed by atoms with Crippen LogP contribution >= 0.6 is 11.6 Å². The first-order valence-corrected chi connectivity index (χ1v) is 10.9. The lowest BCUT2D eigenvalue weighted by molar-refractivity contribution is -0.112. The molecule has 3 rings (SSSR count). The number of halogens is 1. The Morgan fingerprint density at radius 2 is 1.79 bits per heavy atom. The van der Waals surface area contributed by atoms with Crippen molar-refractivity contribution in [1.29, 1.82) is 5.26 Å². The van der Waals surface area contributed by atoms with Crippen molar-refractivity contribution in [3.63, 3.8) is 0 Å². The Morgan fingerprint density at radius 3 is 2.48 bits per heavy atom. The Bertz CT molecular complexity index is 1210. The monoisotopic (exact) mass is 460 g/mol. The largest absolute Gasteiger partial charge is 0.490 e. The third-order valence-electron chi connectivity index (χ3n) is 4.91. The van der Waals surface area contributed by atoms with Crippen molar-refractivity contribution in [1.82, 2.24) is 0 Å². The van der Waals surface area contributed by atoms with Crippen LogP contribution in [0, 0.1) is 25.2 Å². The van der Waals surface area contributed by atoms with E-state index in [-0.39, 0.29) is 5.57 Å². The number of hydrogen-bond donors (Lipinski definition) is 1. The van der Waals surface area contributed by atoms with Gasteiger partial charge in [0.05, 0.1) is 6.61 Å². The SMILES string of the molecule is CCOc1cc(/C=C(\C#N)C(=O)Nc2cc(Cl)ccc2C)ccc1OCc1ccc(C)cc1. The number of nitriles is 1. The summed E-state index contributed by atoms with van der Waals surface area (Å²) in [5.41, 5.74) is 4.25. The highest BCUT2D eigenvalue weighted by Gasteiger charge is 2.13. The summed E-state index contributed by atoms with van der Waals surface area (Å²) < 4.78 is 11.7. The quantitative estimate of drug-likeness (QED) is 0.308. The summed E-state index contributed by atoms with van der Waals surface area (Å²) in [6.45, 7) is 6.63. The van der Waals surface area contributed by atoms with Crippen LogP contribution in [0.5, 0.6) is 11.5 Å². The van der Waals surface area contributed by atoms with E-state index in [1.807, 2.05) is 51.1 Å². The fraction of sp³-hybridized carbons (Fsp3) is 0.185. The molecule has 0 bridgehead atoms. The van der Waals surface area contributed by atoms with Crippen LogP contribution in [0.15, 0.2) is 66.2 Å². The van der Waals surface area contributed by atoms with E-state index in [0.717, 1.165) is 11.1 Å². The number of nitrogens with zero attached hydrogens (tertiary/aromatic N) is 1. The van der Waals surface area contributed by atoms with Crippen LogP contribution in [0.1, 0.15) is 29.2 Å². The maximum atomic E-state index is 12.7. The summed E-state index contributed by atoms with van der Waals surface area (Å²) in [4.78, 5) is 12.7. The van der Waals surface area contributed by atoms with E-state index in [0.29, 0.717) is 41.0 Å². The Labute approximate surface area is 199 Å². The average molecular weight is 461 g/mol. The smallest absolute Gasteiger partial charge is 0.266 e. The van der Waals surface area contributed by atoms with Gasteiger partial charge in [-0.15, -0.1) is 0 Å². The molecule has 3 aromatic carbocycles. The van der Waals surface area contributed by atoms with E-state index >= 15 is 0 Å². The average Bonchev–Trinajstić information content (AvgIpc) is 2.80. The molecule has 33 heavy (non-hydrogen) atoms. The van der Waals surface area contributed by atoms with E-state index in [1.165, 1.54) is 11.6 Å². The second kappa shape index (κ2) is 11.2. The number of carbonyl (C=O) groups is 1. The molecule has 0 heterocycles. The van der Waals surface area contributed by atoms with Crippen molar-refractivity contribution in [2.75, 3.05) is 11.9 Å². The Hall–Kier alpha value is -3.75. The lowest BCUT2D eigenvalue weighted by Gasteiger charge is -2.13. The van der Waals surface area contributed by atoms with Crippen molar-refractivity contribution in [2.45, 2.75) is 27.4 Å². The molecule has 0 aliphatic rings. The van der Waals surface area contributed by atoms with Crippen LogP contribution in [-0.2, 0) is 11.4 Å². The molecule has 0 atom stereocenters. The summed E-state index contributed by atoms with van der Waals surface area (Å²) in [5.74, 6) is 0.620. The van der Waals surface area contributed by atoms with Crippen molar-refractivity contribution in [2.24, 2.45) is 0 Å². The normalized spacial score (nSPS) is 10.9. The van der Waals surface area contributed by atoms with Gasteiger partial charge < -0.3 is 14.8 Å². The summed E-state index contributed by atoms with van der Waals surface area (Å²) in [6.07, 6.45) is 1.52. The van der Waals surface area contributed by atoms with Gasteiger partial charge in [0.25, 0.3) is 5.91 Å². The van der Waals surface area contributed by atoms with Crippen LogP contribution in [0.4, 0.5) is 5.69 Å². The first kappa shape index (κ1) is 23.9. The van der Waals surface area contributed by atoms with Gasteiger partial charge in [0.2, 0.25) is 0 Å². The van der Waals surface area contributed by atoms with Crippen LogP contribution in [0.2, 0.25) is 5.02 Å². The number of amides is 1. The van der Waals surface area contributed by atoms with Crippen molar-refractivity contribution < 1.29 is 14.3 Å². The number of rotatable bonds is 8. The molecule has 0 saturated heterocycles. The molecule has 0 unspecified atom stereocenters. The lowest BCUT2D eigenvalue weighted by atomic mass is 10.1. The maximum Gasteiger partial charge on any atom is 0.266 e. The van der Waals surface area contributed by atoms with E-state index in [2.05, 4.69) is 5.32 Å². The van der Waals surface area contributed by atoms with Gasteiger partial charge in [0.1, 0.15) is 18.2 Å². The number of carbonyl (C=O) groups excluding carboxylic acids is 1. The Balaban J connectivity index is 1.79. The van der Waals surface area contributed by atoms with E-state index < -0.39 is 5.91 Å². The standard InChI is InChI=1S/C27H25ClN2O3/c1-4-32-26-14-21(10-12-25(26)33-17-20-8-5-18(2)6-9-20)13-22(16-29)27(31)30-24-15-23(28)11-7-19(24)3/h5-15H,4,17H2,1-3H3,(H,30,31)/b22-13+. The molecule has 1 N–H and O–H groups in total. The van der Waals surface area contributed by atoms with Crippen LogP contribution < -0.4 is 14.8 Å². The van der Waals surface area contributed by atoms with Crippen molar-refractivity contribution in [3.8, 4) is 17.6 Å². The van der Waals surface area contributed by atoms with Gasteiger partial charge in [-0.05, 0) is 67.8 Å². The molecule has 0 aliphatic heterocycles. The second-order valence-corrected chi connectivity index (χ2v) is 7.93.